The highest BCUT2D eigenvalue weighted by Crippen LogP contribution is 2.37. The van der Waals surface area contributed by atoms with Gasteiger partial charge in [-0.2, -0.15) is 0 Å². The van der Waals surface area contributed by atoms with Gasteiger partial charge in [0.15, 0.2) is 0 Å². The zero-order valence-corrected chi connectivity index (χ0v) is 24.5. The number of para-hydroxylation sites is 1. The van der Waals surface area contributed by atoms with Crippen molar-refractivity contribution < 1.29 is 14.6 Å². The van der Waals surface area contributed by atoms with Gasteiger partial charge >= 0.3 is 0 Å². The first-order valence-electron chi connectivity index (χ1n) is 13.9. The number of likely N-dealkylation sites (N-methyl/N-ethyl adjacent to an activating group) is 3. The van der Waals surface area contributed by atoms with Gasteiger partial charge in [-0.1, -0.05) is 32.0 Å². The van der Waals surface area contributed by atoms with E-state index in [4.69, 9.17) is 4.74 Å². The molecule has 8 nitrogen and oxygen atoms in total. The van der Waals surface area contributed by atoms with Gasteiger partial charge in [0.05, 0.1) is 12.7 Å². The van der Waals surface area contributed by atoms with Crippen molar-refractivity contribution >= 4 is 16.9 Å². The van der Waals surface area contributed by atoms with Crippen LogP contribution in [0.4, 0.5) is 0 Å². The number of phenols is 1. The van der Waals surface area contributed by atoms with Crippen LogP contribution in [0, 0.1) is 0 Å². The lowest BCUT2D eigenvalue weighted by Gasteiger charge is -2.26. The largest absolute Gasteiger partial charge is 0.507 e. The molecule has 0 radical (unpaired) electrons. The van der Waals surface area contributed by atoms with Crippen LogP contribution in [0.1, 0.15) is 29.8 Å². The maximum atomic E-state index is 13.6. The Balaban J connectivity index is 1.66. The number of aromatic amines is 1. The van der Waals surface area contributed by atoms with E-state index >= 15 is 0 Å². The van der Waals surface area contributed by atoms with E-state index in [1.807, 2.05) is 43.5 Å². The van der Waals surface area contributed by atoms with Crippen LogP contribution in [0.5, 0.6) is 11.5 Å². The summed E-state index contributed by atoms with van der Waals surface area (Å²) in [6, 6.07) is 13.7. The number of fused-ring (bicyclic) bond motifs is 1. The number of aryl methyl sites for hydroxylation is 1. The Morgan fingerprint density at radius 2 is 1.73 bits per heavy atom. The molecule has 0 aliphatic heterocycles. The molecule has 0 saturated heterocycles. The Labute approximate surface area is 237 Å². The summed E-state index contributed by atoms with van der Waals surface area (Å²) in [4.78, 5) is 27.7. The Bertz CT molecular complexity index is 1460. The van der Waals surface area contributed by atoms with Crippen molar-refractivity contribution in [3.63, 3.8) is 0 Å². The minimum absolute atomic E-state index is 0.0495. The second-order valence-corrected chi connectivity index (χ2v) is 10.4. The van der Waals surface area contributed by atoms with Crippen molar-refractivity contribution in [3.8, 4) is 33.8 Å². The Morgan fingerprint density at radius 3 is 2.42 bits per heavy atom. The lowest BCUT2D eigenvalue weighted by molar-refractivity contribution is 0.0774. The van der Waals surface area contributed by atoms with Gasteiger partial charge in [0.25, 0.3) is 5.91 Å². The minimum Gasteiger partial charge on any atom is -0.507 e. The topological polar surface area (TPSA) is 84.9 Å². The average Bonchev–Trinajstić information content (AvgIpc) is 3.39. The third-order valence-electron chi connectivity index (χ3n) is 7.47. The maximum Gasteiger partial charge on any atom is 0.257 e. The van der Waals surface area contributed by atoms with Gasteiger partial charge in [0.1, 0.15) is 17.1 Å². The Kier molecular flexibility index (Phi) is 9.45. The normalized spacial score (nSPS) is 11.5. The molecule has 0 aliphatic carbocycles. The number of hydrogen-bond acceptors (Lipinski definition) is 6. The first kappa shape index (κ1) is 29.1. The molecule has 0 unspecified atom stereocenters. The molecule has 212 valence electrons. The summed E-state index contributed by atoms with van der Waals surface area (Å²) in [5, 5.41) is 12.0. The van der Waals surface area contributed by atoms with E-state index in [0.29, 0.717) is 18.5 Å². The van der Waals surface area contributed by atoms with Crippen molar-refractivity contribution in [3.05, 3.63) is 66.0 Å². The number of carbonyl (C=O) groups excluding carboxylic acids is 1. The number of aromatic hydroxyl groups is 1. The number of rotatable bonds is 12. The Hall–Kier alpha value is -3.88. The highest BCUT2D eigenvalue weighted by Gasteiger charge is 2.21. The number of nitrogens with one attached hydrogen (secondary N) is 1. The molecule has 2 heterocycles. The minimum atomic E-state index is -0.192. The van der Waals surface area contributed by atoms with Gasteiger partial charge in [-0.3, -0.25) is 4.79 Å². The van der Waals surface area contributed by atoms with Crippen LogP contribution in [0.25, 0.3) is 33.3 Å². The summed E-state index contributed by atoms with van der Waals surface area (Å²) < 4.78 is 5.60. The van der Waals surface area contributed by atoms with Crippen molar-refractivity contribution in [1.29, 1.82) is 0 Å². The van der Waals surface area contributed by atoms with Crippen LogP contribution in [-0.2, 0) is 6.42 Å². The fourth-order valence-corrected chi connectivity index (χ4v) is 4.91. The summed E-state index contributed by atoms with van der Waals surface area (Å²) >= 11 is 0. The fourth-order valence-electron chi connectivity index (χ4n) is 4.91. The van der Waals surface area contributed by atoms with E-state index in [1.165, 1.54) is 0 Å². The number of H-pyrrole nitrogens is 1. The molecule has 8 heteroatoms. The van der Waals surface area contributed by atoms with Crippen molar-refractivity contribution in [2.45, 2.75) is 20.3 Å². The molecule has 1 amide bonds. The number of methoxy groups -OCH3 is 1. The summed E-state index contributed by atoms with van der Waals surface area (Å²) in [5.41, 5.74) is 5.48. The smallest absolute Gasteiger partial charge is 0.257 e. The molecule has 2 aromatic carbocycles. The molecule has 0 bridgehead atoms. The number of benzene rings is 2. The van der Waals surface area contributed by atoms with E-state index in [-0.39, 0.29) is 11.7 Å². The summed E-state index contributed by atoms with van der Waals surface area (Å²) in [5.74, 6) is 0.641. The number of hydrogen-bond donors (Lipinski definition) is 2. The predicted molar refractivity (Wildman–Crippen MR) is 162 cm³/mol. The summed E-state index contributed by atoms with van der Waals surface area (Å²) in [6.07, 6.45) is 4.35. The number of ether oxygens (including phenoxy) is 1. The third-order valence-corrected chi connectivity index (χ3v) is 7.47. The van der Waals surface area contributed by atoms with Crippen molar-refractivity contribution in [1.82, 2.24) is 24.7 Å². The average molecular weight is 544 g/mol. The highest BCUT2D eigenvalue weighted by molar-refractivity contribution is 6.00. The second-order valence-electron chi connectivity index (χ2n) is 10.4. The molecule has 0 fully saturated rings. The molecule has 4 aromatic rings. The molecule has 2 aromatic heterocycles. The van der Waals surface area contributed by atoms with Gasteiger partial charge in [-0.25, -0.2) is 4.98 Å². The zero-order chi connectivity index (χ0) is 28.8. The van der Waals surface area contributed by atoms with Crippen LogP contribution in [-0.4, -0.2) is 96.7 Å². The first-order chi connectivity index (χ1) is 19.3. The first-order valence-corrected chi connectivity index (χ1v) is 13.9. The SMILES string of the molecule is CCc1cc(-c2cnc3[nH]cc(-c4ccccc4OC)c3c2)cc(C(=O)N(C)CCN(CC)CCN(C)C)c1O. The molecule has 40 heavy (non-hydrogen) atoms. The number of phenolic OH excluding ortho intramolecular Hbond substituents is 1. The van der Waals surface area contributed by atoms with Gasteiger partial charge in [0, 0.05) is 67.7 Å². The predicted octanol–water partition coefficient (Wildman–Crippen LogP) is 5.13. The van der Waals surface area contributed by atoms with Crippen molar-refractivity contribution in [2.75, 3.05) is 61.0 Å². The van der Waals surface area contributed by atoms with Gasteiger partial charge < -0.3 is 29.5 Å². The van der Waals surface area contributed by atoms with E-state index in [9.17, 15) is 9.90 Å². The number of amides is 1. The number of nitrogens with zero attached hydrogens (tertiary/aromatic N) is 4. The molecule has 0 aliphatic rings. The van der Waals surface area contributed by atoms with Crippen LogP contribution in [0.3, 0.4) is 0 Å². The van der Waals surface area contributed by atoms with Gasteiger partial charge in [0.2, 0.25) is 0 Å². The van der Waals surface area contributed by atoms with Gasteiger partial charge in [-0.05, 0) is 62.5 Å². The molecule has 0 saturated carbocycles. The molecular weight excluding hydrogens is 502 g/mol. The monoisotopic (exact) mass is 543 g/mol. The number of aromatic nitrogens is 2. The summed E-state index contributed by atoms with van der Waals surface area (Å²) in [6.45, 7) is 8.28. The van der Waals surface area contributed by atoms with Crippen molar-refractivity contribution in [2.24, 2.45) is 0 Å². The molecule has 2 N–H and O–H groups in total. The summed E-state index contributed by atoms with van der Waals surface area (Å²) in [7, 11) is 7.59. The molecule has 0 atom stereocenters. The number of carbonyl (C=O) groups is 1. The van der Waals surface area contributed by atoms with Crippen LogP contribution in [0.15, 0.2) is 54.9 Å². The lowest BCUT2D eigenvalue weighted by Crippen LogP contribution is -2.39. The third kappa shape index (κ3) is 6.29. The standard InChI is InChI=1S/C32H41N5O3/c1-7-22-17-23(18-27(30(22)38)32(39)36(5)14-16-37(8-2)15-13-35(3)4)24-19-26-28(21-34-31(26)33-20-24)25-11-9-10-12-29(25)40-6/h9-12,17-21,38H,7-8,13-16H2,1-6H3,(H,33,34). The van der Waals surface area contributed by atoms with E-state index in [0.717, 1.165) is 70.8 Å². The van der Waals surface area contributed by atoms with E-state index in [1.54, 1.807) is 31.3 Å². The lowest BCUT2D eigenvalue weighted by atomic mass is 9.96. The maximum absolute atomic E-state index is 13.6. The van der Waals surface area contributed by atoms with E-state index < -0.39 is 0 Å². The van der Waals surface area contributed by atoms with Gasteiger partial charge in [-0.15, -0.1) is 0 Å². The molecule has 0 spiro atoms. The molecular formula is C32H41N5O3. The second kappa shape index (κ2) is 13.0. The van der Waals surface area contributed by atoms with Crippen LogP contribution in [0.2, 0.25) is 0 Å². The Morgan fingerprint density at radius 1 is 0.975 bits per heavy atom. The van der Waals surface area contributed by atoms with Crippen LogP contribution < -0.4 is 4.74 Å². The van der Waals surface area contributed by atoms with Crippen LogP contribution >= 0.6 is 0 Å². The zero-order valence-electron chi connectivity index (χ0n) is 24.5. The van der Waals surface area contributed by atoms with E-state index in [2.05, 4.69) is 46.9 Å². The number of pyridine rings is 1. The highest BCUT2D eigenvalue weighted by atomic mass is 16.5. The fraction of sp³-hybridized carbons (Fsp3) is 0.375. The molecule has 4 rings (SSSR count). The quantitative estimate of drug-likeness (QED) is 0.258.